The number of likely N-dealkylation sites (N-methyl/N-ethyl adjacent to an activating group) is 1. The summed E-state index contributed by atoms with van der Waals surface area (Å²) in [5.41, 5.74) is 2.18. The van der Waals surface area contributed by atoms with Crippen molar-refractivity contribution in [2.45, 2.75) is 38.8 Å². The lowest BCUT2D eigenvalue weighted by molar-refractivity contribution is -0.385. The fraction of sp³-hybridized carbons (Fsp3) is 0.417. The highest BCUT2D eigenvalue weighted by Gasteiger charge is 2.27. The van der Waals surface area contributed by atoms with E-state index >= 15 is 0 Å². The lowest BCUT2D eigenvalue weighted by Crippen LogP contribution is -2.50. The van der Waals surface area contributed by atoms with Crippen LogP contribution in [0.4, 0.5) is 17.1 Å². The predicted molar refractivity (Wildman–Crippen MR) is 127 cm³/mol. The van der Waals surface area contributed by atoms with E-state index in [1.165, 1.54) is 6.07 Å². The number of aryl methyl sites for hydroxylation is 1. The Morgan fingerprint density at radius 1 is 1.09 bits per heavy atom. The number of hydrogen-bond acceptors (Lipinski definition) is 6. The molecular weight excluding hydrogens is 422 g/mol. The van der Waals surface area contributed by atoms with Crippen molar-refractivity contribution in [2.24, 2.45) is 0 Å². The van der Waals surface area contributed by atoms with E-state index in [1.807, 2.05) is 6.92 Å². The zero-order chi connectivity index (χ0) is 23.7. The number of carbonyl (C=O) groups excluding carboxylic acids is 2. The number of nitro benzene ring substituents is 1. The number of amides is 2. The summed E-state index contributed by atoms with van der Waals surface area (Å²) in [6, 6.07) is 10.3. The van der Waals surface area contributed by atoms with Gasteiger partial charge in [0.1, 0.15) is 5.56 Å². The van der Waals surface area contributed by atoms with Crippen LogP contribution in [0.1, 0.15) is 46.0 Å². The summed E-state index contributed by atoms with van der Waals surface area (Å²) in [7, 11) is 2.07. The number of hydrogen-bond donors (Lipinski definition) is 2. The third-order valence-electron chi connectivity index (χ3n) is 6.41. The van der Waals surface area contributed by atoms with Gasteiger partial charge in [0.2, 0.25) is 0 Å². The quantitative estimate of drug-likeness (QED) is 0.516. The molecule has 174 valence electrons. The highest BCUT2D eigenvalue weighted by molar-refractivity contribution is 6.08. The van der Waals surface area contributed by atoms with Gasteiger partial charge in [-0.25, -0.2) is 0 Å². The summed E-state index contributed by atoms with van der Waals surface area (Å²) in [4.78, 5) is 41.1. The van der Waals surface area contributed by atoms with Crippen LogP contribution in [-0.2, 0) is 0 Å². The van der Waals surface area contributed by atoms with Crippen molar-refractivity contribution in [3.8, 4) is 0 Å². The van der Waals surface area contributed by atoms with Crippen LogP contribution in [0.25, 0.3) is 0 Å². The average Bonchev–Trinajstić information content (AvgIpc) is 3.60. The summed E-state index contributed by atoms with van der Waals surface area (Å²) < 4.78 is 0. The van der Waals surface area contributed by atoms with Crippen molar-refractivity contribution >= 4 is 28.9 Å². The summed E-state index contributed by atoms with van der Waals surface area (Å²) in [5.74, 6) is -0.765. The van der Waals surface area contributed by atoms with Crippen LogP contribution in [0.3, 0.4) is 0 Å². The number of carbonyl (C=O) groups is 2. The molecule has 1 atom stereocenters. The van der Waals surface area contributed by atoms with E-state index in [0.717, 1.165) is 43.7 Å². The second kappa shape index (κ2) is 9.19. The first kappa shape index (κ1) is 22.7. The van der Waals surface area contributed by atoms with Gasteiger partial charge in [-0.1, -0.05) is 6.07 Å². The fourth-order valence-electron chi connectivity index (χ4n) is 3.93. The second-order valence-corrected chi connectivity index (χ2v) is 8.97. The van der Waals surface area contributed by atoms with Crippen molar-refractivity contribution in [1.82, 2.24) is 10.2 Å². The molecule has 0 aromatic heterocycles. The van der Waals surface area contributed by atoms with E-state index in [1.54, 1.807) is 30.3 Å². The number of nitro groups is 1. The van der Waals surface area contributed by atoms with Gasteiger partial charge in [0.05, 0.1) is 4.92 Å². The number of anilines is 2. The van der Waals surface area contributed by atoms with Gasteiger partial charge in [-0.2, -0.15) is 0 Å². The largest absolute Gasteiger partial charge is 0.369 e. The van der Waals surface area contributed by atoms with Gasteiger partial charge in [0.15, 0.2) is 0 Å². The van der Waals surface area contributed by atoms with E-state index in [0.29, 0.717) is 17.3 Å². The molecule has 2 aliphatic rings. The maximum absolute atomic E-state index is 13.2. The maximum Gasteiger partial charge on any atom is 0.282 e. The number of nitrogens with one attached hydrogen (secondary N) is 2. The highest BCUT2D eigenvalue weighted by atomic mass is 16.6. The van der Waals surface area contributed by atoms with Gasteiger partial charge in [-0.3, -0.25) is 19.7 Å². The minimum Gasteiger partial charge on any atom is -0.369 e. The average molecular weight is 452 g/mol. The van der Waals surface area contributed by atoms with Crippen molar-refractivity contribution in [3.05, 3.63) is 63.2 Å². The van der Waals surface area contributed by atoms with Crippen LogP contribution in [0.15, 0.2) is 36.4 Å². The molecule has 1 aliphatic heterocycles. The van der Waals surface area contributed by atoms with E-state index in [4.69, 9.17) is 0 Å². The Bertz CT molecular complexity index is 1100. The summed E-state index contributed by atoms with van der Waals surface area (Å²) in [6.07, 6.45) is 1.96. The molecule has 9 nitrogen and oxygen atoms in total. The zero-order valence-corrected chi connectivity index (χ0v) is 19.1. The van der Waals surface area contributed by atoms with Gasteiger partial charge in [0.25, 0.3) is 17.5 Å². The van der Waals surface area contributed by atoms with Gasteiger partial charge in [0, 0.05) is 54.7 Å². The number of piperazine rings is 1. The predicted octanol–water partition coefficient (Wildman–Crippen LogP) is 3.19. The molecule has 4 rings (SSSR count). The Kier molecular flexibility index (Phi) is 6.33. The van der Waals surface area contributed by atoms with Crippen molar-refractivity contribution in [1.29, 1.82) is 0 Å². The SMILES string of the molecule is Cc1ccc(C(=O)NC2CC2)cc1NC(=O)c1cc(N2CCN(C)[C@H](C)C2)ccc1[N+](=O)[O-]. The Morgan fingerprint density at radius 2 is 1.85 bits per heavy atom. The summed E-state index contributed by atoms with van der Waals surface area (Å²) in [6.45, 7) is 6.35. The normalized spacial score (nSPS) is 18.6. The molecule has 2 N–H and O–H groups in total. The standard InChI is InChI=1S/C24H29N5O4/c1-15-4-5-17(23(30)25-18-6-7-18)12-21(15)26-24(31)20-13-19(8-9-22(20)29(32)33)28-11-10-27(3)16(2)14-28/h4-5,8-9,12-13,16,18H,6-7,10-11,14H2,1-3H3,(H,25,30)(H,26,31)/t16-/m1/s1. The first-order valence-electron chi connectivity index (χ1n) is 11.2. The van der Waals surface area contributed by atoms with Gasteiger partial charge >= 0.3 is 0 Å². The molecule has 2 aromatic carbocycles. The molecule has 2 amide bonds. The molecule has 0 bridgehead atoms. The van der Waals surface area contributed by atoms with Crippen molar-refractivity contribution in [3.63, 3.8) is 0 Å². The minimum atomic E-state index is -0.575. The molecular formula is C24H29N5O4. The molecule has 33 heavy (non-hydrogen) atoms. The smallest absolute Gasteiger partial charge is 0.282 e. The van der Waals surface area contributed by atoms with Crippen molar-refractivity contribution < 1.29 is 14.5 Å². The Morgan fingerprint density at radius 3 is 2.52 bits per heavy atom. The molecule has 9 heteroatoms. The molecule has 1 saturated carbocycles. The third kappa shape index (κ3) is 5.14. The van der Waals surface area contributed by atoms with Crippen LogP contribution in [0.2, 0.25) is 0 Å². The van der Waals surface area contributed by atoms with Crippen LogP contribution in [0.5, 0.6) is 0 Å². The Balaban J connectivity index is 1.59. The molecule has 1 aliphatic carbocycles. The van der Waals surface area contributed by atoms with Crippen LogP contribution in [0, 0.1) is 17.0 Å². The first-order chi connectivity index (χ1) is 15.7. The zero-order valence-electron chi connectivity index (χ0n) is 19.1. The molecule has 0 radical (unpaired) electrons. The fourth-order valence-corrected chi connectivity index (χ4v) is 3.93. The maximum atomic E-state index is 13.2. The van der Waals surface area contributed by atoms with Gasteiger partial charge in [-0.05, 0) is 63.6 Å². The second-order valence-electron chi connectivity index (χ2n) is 8.97. The molecule has 2 aromatic rings. The summed E-state index contributed by atoms with van der Waals surface area (Å²) in [5, 5.41) is 17.3. The minimum absolute atomic E-state index is 0.00341. The van der Waals surface area contributed by atoms with Crippen LogP contribution < -0.4 is 15.5 Å². The molecule has 1 saturated heterocycles. The van der Waals surface area contributed by atoms with Crippen LogP contribution in [-0.4, -0.2) is 60.4 Å². The third-order valence-corrected chi connectivity index (χ3v) is 6.41. The lowest BCUT2D eigenvalue weighted by atomic mass is 10.1. The van der Waals surface area contributed by atoms with E-state index in [-0.39, 0.29) is 23.2 Å². The Hall–Kier alpha value is -3.46. The number of benzene rings is 2. The molecule has 1 heterocycles. The van der Waals surface area contributed by atoms with Crippen LogP contribution >= 0.6 is 0 Å². The number of rotatable bonds is 6. The highest BCUT2D eigenvalue weighted by Crippen LogP contribution is 2.28. The van der Waals surface area contributed by atoms with E-state index in [9.17, 15) is 19.7 Å². The first-order valence-corrected chi connectivity index (χ1v) is 11.2. The van der Waals surface area contributed by atoms with Gasteiger partial charge < -0.3 is 20.4 Å². The van der Waals surface area contributed by atoms with Crippen molar-refractivity contribution in [2.75, 3.05) is 36.9 Å². The topological polar surface area (TPSA) is 108 Å². The monoisotopic (exact) mass is 451 g/mol. The van der Waals surface area contributed by atoms with E-state index < -0.39 is 10.8 Å². The molecule has 0 spiro atoms. The molecule has 0 unspecified atom stereocenters. The number of nitrogens with zero attached hydrogens (tertiary/aromatic N) is 3. The Labute approximate surface area is 192 Å². The molecule has 2 fully saturated rings. The van der Waals surface area contributed by atoms with E-state index in [2.05, 4.69) is 34.4 Å². The summed E-state index contributed by atoms with van der Waals surface area (Å²) >= 11 is 0. The lowest BCUT2D eigenvalue weighted by Gasteiger charge is -2.39. The van der Waals surface area contributed by atoms with Gasteiger partial charge in [-0.15, -0.1) is 0 Å².